The lowest BCUT2D eigenvalue weighted by Gasteiger charge is -2.10. The maximum absolute atomic E-state index is 13.1. The Kier molecular flexibility index (Phi) is 8.24. The summed E-state index contributed by atoms with van der Waals surface area (Å²) in [5.74, 6) is -0.820. The van der Waals surface area contributed by atoms with Gasteiger partial charge in [-0.15, -0.1) is 24.5 Å². The highest BCUT2D eigenvalue weighted by molar-refractivity contribution is 7.15. The predicted octanol–water partition coefficient (Wildman–Crippen LogP) is 7.75. The highest BCUT2D eigenvalue weighted by atomic mass is 32.1. The molecule has 0 aliphatic rings. The second-order valence-corrected chi connectivity index (χ2v) is 9.42. The summed E-state index contributed by atoms with van der Waals surface area (Å²) in [6.45, 7) is 1.13. The van der Waals surface area contributed by atoms with Gasteiger partial charge in [0, 0.05) is 5.56 Å². The molecule has 1 N–H and O–H groups in total. The maximum Gasteiger partial charge on any atom is 0.573 e. The van der Waals surface area contributed by atoms with Crippen molar-refractivity contribution in [2.24, 2.45) is 0 Å². The SMILES string of the molecule is Cc1cc(OCc2nc(-c3ccc(C(F)(F)F)cc3)c(-c3cccc(OC(F)(F)F)c3)s2)ccc1OCC(=O)O. The number of carbonyl (C=O) groups is 1. The van der Waals surface area contributed by atoms with Crippen LogP contribution in [0.4, 0.5) is 26.3 Å². The van der Waals surface area contributed by atoms with Gasteiger partial charge in [-0.25, -0.2) is 9.78 Å². The summed E-state index contributed by atoms with van der Waals surface area (Å²) >= 11 is 1.10. The number of benzene rings is 3. The summed E-state index contributed by atoms with van der Waals surface area (Å²) in [5, 5.41) is 9.17. The molecule has 4 rings (SSSR count). The number of aliphatic carboxylic acids is 1. The Hall–Kier alpha value is -4.26. The Labute approximate surface area is 227 Å². The van der Waals surface area contributed by atoms with Crippen molar-refractivity contribution < 1.29 is 50.5 Å². The molecule has 0 saturated heterocycles. The van der Waals surface area contributed by atoms with Crippen molar-refractivity contribution in [1.29, 1.82) is 0 Å². The highest BCUT2D eigenvalue weighted by Crippen LogP contribution is 2.40. The van der Waals surface area contributed by atoms with E-state index in [1.165, 1.54) is 30.3 Å². The van der Waals surface area contributed by atoms with E-state index in [0.717, 1.165) is 29.5 Å². The van der Waals surface area contributed by atoms with Crippen molar-refractivity contribution >= 4 is 17.3 Å². The van der Waals surface area contributed by atoms with E-state index in [0.29, 0.717) is 38.1 Å². The molecule has 0 amide bonds. The van der Waals surface area contributed by atoms with Gasteiger partial charge < -0.3 is 19.3 Å². The molecule has 3 aromatic carbocycles. The zero-order valence-electron chi connectivity index (χ0n) is 20.5. The quantitative estimate of drug-likeness (QED) is 0.203. The van der Waals surface area contributed by atoms with E-state index >= 15 is 0 Å². The Morgan fingerprint density at radius 2 is 1.62 bits per heavy atom. The summed E-state index contributed by atoms with van der Waals surface area (Å²) in [5.41, 5.74) is 0.656. The number of rotatable bonds is 9. The molecule has 1 aromatic heterocycles. The minimum Gasteiger partial charge on any atom is -0.486 e. The fourth-order valence-corrected chi connectivity index (χ4v) is 4.62. The lowest BCUT2D eigenvalue weighted by Crippen LogP contribution is -2.17. The third-order valence-corrected chi connectivity index (χ3v) is 6.42. The third kappa shape index (κ3) is 7.44. The molecule has 6 nitrogen and oxygen atoms in total. The van der Waals surface area contributed by atoms with Crippen LogP contribution in [0.1, 0.15) is 16.1 Å². The molecular formula is C27H19F6NO5S. The van der Waals surface area contributed by atoms with Gasteiger partial charge in [-0.2, -0.15) is 13.2 Å². The van der Waals surface area contributed by atoms with Gasteiger partial charge in [0.05, 0.1) is 16.1 Å². The van der Waals surface area contributed by atoms with Gasteiger partial charge >= 0.3 is 18.5 Å². The lowest BCUT2D eigenvalue weighted by molar-refractivity contribution is -0.274. The van der Waals surface area contributed by atoms with Crippen molar-refractivity contribution in [3.63, 3.8) is 0 Å². The van der Waals surface area contributed by atoms with Gasteiger partial charge in [-0.05, 0) is 60.5 Å². The van der Waals surface area contributed by atoms with E-state index in [1.807, 2.05) is 0 Å². The molecule has 0 saturated carbocycles. The predicted molar refractivity (Wildman–Crippen MR) is 133 cm³/mol. The van der Waals surface area contributed by atoms with E-state index in [-0.39, 0.29) is 12.3 Å². The van der Waals surface area contributed by atoms with Crippen LogP contribution < -0.4 is 14.2 Å². The average molecular weight is 584 g/mol. The minimum absolute atomic E-state index is 0.0637. The smallest absolute Gasteiger partial charge is 0.486 e. The van der Waals surface area contributed by atoms with Gasteiger partial charge in [-0.1, -0.05) is 24.3 Å². The molecule has 0 bridgehead atoms. The van der Waals surface area contributed by atoms with Crippen molar-refractivity contribution in [2.45, 2.75) is 26.1 Å². The molecule has 0 aliphatic carbocycles. The number of carboxylic acid groups (broad SMARTS) is 1. The van der Waals surface area contributed by atoms with E-state index in [4.69, 9.17) is 14.6 Å². The van der Waals surface area contributed by atoms with Crippen LogP contribution in [0.3, 0.4) is 0 Å². The van der Waals surface area contributed by atoms with Crippen LogP contribution in [-0.4, -0.2) is 29.0 Å². The number of hydrogen-bond donors (Lipinski definition) is 1. The van der Waals surface area contributed by atoms with Crippen LogP contribution in [0.25, 0.3) is 21.7 Å². The fourth-order valence-electron chi connectivity index (χ4n) is 3.63. The number of alkyl halides is 6. The molecule has 0 spiro atoms. The first-order valence-electron chi connectivity index (χ1n) is 11.4. The third-order valence-electron chi connectivity index (χ3n) is 5.35. The Morgan fingerprint density at radius 3 is 2.25 bits per heavy atom. The molecule has 0 aliphatic heterocycles. The van der Waals surface area contributed by atoms with E-state index in [9.17, 15) is 31.1 Å². The number of thiazole rings is 1. The maximum atomic E-state index is 13.1. The van der Waals surface area contributed by atoms with Gasteiger partial charge in [0.15, 0.2) is 6.61 Å². The van der Waals surface area contributed by atoms with Crippen LogP contribution in [0.5, 0.6) is 17.2 Å². The zero-order chi connectivity index (χ0) is 29.1. The molecule has 40 heavy (non-hydrogen) atoms. The summed E-state index contributed by atoms with van der Waals surface area (Å²) in [7, 11) is 0. The van der Waals surface area contributed by atoms with Crippen molar-refractivity contribution in [2.75, 3.05) is 6.61 Å². The Balaban J connectivity index is 1.64. The van der Waals surface area contributed by atoms with Crippen molar-refractivity contribution in [3.8, 4) is 38.9 Å². The van der Waals surface area contributed by atoms with Crippen LogP contribution >= 0.6 is 11.3 Å². The number of halogens is 6. The minimum atomic E-state index is -4.91. The summed E-state index contributed by atoms with van der Waals surface area (Å²) in [6.07, 6.45) is -9.45. The molecule has 0 unspecified atom stereocenters. The number of nitrogens with zero attached hydrogens (tertiary/aromatic N) is 1. The number of hydrogen-bond acceptors (Lipinski definition) is 6. The normalized spacial score (nSPS) is 11.8. The Bertz CT molecular complexity index is 1500. The van der Waals surface area contributed by atoms with E-state index < -0.39 is 36.4 Å². The number of ether oxygens (including phenoxy) is 3. The second kappa shape index (κ2) is 11.5. The van der Waals surface area contributed by atoms with Crippen LogP contribution in [0.15, 0.2) is 66.7 Å². The first kappa shape index (κ1) is 28.7. The standard InChI is InChI=1S/C27H19F6NO5S/c1-15-11-19(9-10-21(15)38-14-23(35)36)37-13-22-34-24(16-5-7-18(8-6-16)26(28,29)30)25(40-22)17-3-2-4-20(12-17)39-27(31,32)33/h2-12H,13-14H2,1H3,(H,35,36). The van der Waals surface area contributed by atoms with Gasteiger partial charge in [0.2, 0.25) is 0 Å². The first-order chi connectivity index (χ1) is 18.8. The molecule has 0 atom stereocenters. The lowest BCUT2D eigenvalue weighted by atomic mass is 10.0. The van der Waals surface area contributed by atoms with Crippen molar-refractivity contribution in [3.05, 3.63) is 82.9 Å². The second-order valence-electron chi connectivity index (χ2n) is 8.33. The molecule has 4 aromatic rings. The fraction of sp³-hybridized carbons (Fsp3) is 0.185. The topological polar surface area (TPSA) is 77.9 Å². The molecular weight excluding hydrogens is 564 g/mol. The van der Waals surface area contributed by atoms with E-state index in [2.05, 4.69) is 9.72 Å². The van der Waals surface area contributed by atoms with Crippen LogP contribution in [0, 0.1) is 6.92 Å². The highest BCUT2D eigenvalue weighted by Gasteiger charge is 2.32. The van der Waals surface area contributed by atoms with Gasteiger partial charge in [-0.3, -0.25) is 0 Å². The van der Waals surface area contributed by atoms with E-state index in [1.54, 1.807) is 25.1 Å². The monoisotopic (exact) mass is 583 g/mol. The average Bonchev–Trinajstić information content (AvgIpc) is 3.30. The van der Waals surface area contributed by atoms with Gasteiger partial charge in [0.1, 0.15) is 28.9 Å². The van der Waals surface area contributed by atoms with Gasteiger partial charge in [0.25, 0.3) is 0 Å². The number of carboxylic acids is 1. The molecule has 13 heteroatoms. The molecule has 0 fully saturated rings. The Morgan fingerprint density at radius 1 is 0.900 bits per heavy atom. The zero-order valence-corrected chi connectivity index (χ0v) is 21.3. The molecule has 210 valence electrons. The van der Waals surface area contributed by atoms with Crippen molar-refractivity contribution in [1.82, 2.24) is 4.98 Å². The van der Waals surface area contributed by atoms with Crippen LogP contribution in [0.2, 0.25) is 0 Å². The molecule has 1 heterocycles. The first-order valence-corrected chi connectivity index (χ1v) is 12.2. The molecule has 0 radical (unpaired) electrons. The van der Waals surface area contributed by atoms with Crippen LogP contribution in [-0.2, 0) is 17.6 Å². The number of aryl methyl sites for hydroxylation is 1. The summed E-state index contributed by atoms with van der Waals surface area (Å²) in [4.78, 5) is 15.6. The number of aromatic nitrogens is 1. The largest absolute Gasteiger partial charge is 0.573 e. The summed E-state index contributed by atoms with van der Waals surface area (Å²) < 4.78 is 92.6. The summed E-state index contributed by atoms with van der Waals surface area (Å²) in [6, 6.07) is 14.2.